The van der Waals surface area contributed by atoms with Crippen LogP contribution in [0.5, 0.6) is 0 Å². The number of likely N-dealkylation sites (tertiary alicyclic amines) is 1. The van der Waals surface area contributed by atoms with Gasteiger partial charge in [-0.3, -0.25) is 4.79 Å². The molecule has 0 radical (unpaired) electrons. The molecule has 1 aliphatic rings. The summed E-state index contributed by atoms with van der Waals surface area (Å²) >= 11 is 0. The van der Waals surface area contributed by atoms with Gasteiger partial charge in [-0.2, -0.15) is 0 Å². The van der Waals surface area contributed by atoms with E-state index in [2.05, 4.69) is 5.32 Å². The van der Waals surface area contributed by atoms with E-state index in [-0.39, 0.29) is 13.2 Å². The Bertz CT molecular complexity index is 437. The maximum Gasteiger partial charge on any atom is 0.328 e. The van der Waals surface area contributed by atoms with Gasteiger partial charge in [-0.05, 0) is 19.8 Å². The molecule has 1 aliphatic heterocycles. The monoisotopic (exact) mass is 302 g/mol. The number of rotatable bonds is 6. The van der Waals surface area contributed by atoms with Crippen molar-refractivity contribution in [1.29, 1.82) is 0 Å². The topological polar surface area (TPSA) is 133 Å². The third kappa shape index (κ3) is 4.62. The molecular formula is C12H18N2O7. The Morgan fingerprint density at radius 3 is 2.52 bits per heavy atom. The van der Waals surface area contributed by atoms with Gasteiger partial charge in [0.05, 0.1) is 13.0 Å². The molecule has 1 heterocycles. The number of nitrogens with zero attached hydrogens (tertiary/aromatic N) is 1. The molecule has 0 spiro atoms. The highest BCUT2D eigenvalue weighted by atomic mass is 16.5. The molecule has 0 aromatic heterocycles. The van der Waals surface area contributed by atoms with Crippen molar-refractivity contribution in [3.63, 3.8) is 0 Å². The van der Waals surface area contributed by atoms with E-state index in [0.29, 0.717) is 12.8 Å². The number of carboxylic acids is 2. The van der Waals surface area contributed by atoms with Gasteiger partial charge in [0.25, 0.3) is 0 Å². The molecule has 0 saturated carbocycles. The number of amides is 2. The average molecular weight is 302 g/mol. The molecule has 118 valence electrons. The third-order valence-corrected chi connectivity index (χ3v) is 3.05. The normalized spacial score (nSPS) is 18.9. The highest BCUT2D eigenvalue weighted by Crippen LogP contribution is 2.18. The minimum atomic E-state index is -1.54. The van der Waals surface area contributed by atoms with E-state index in [9.17, 15) is 19.2 Å². The van der Waals surface area contributed by atoms with Crippen LogP contribution in [0.1, 0.15) is 26.2 Å². The first kappa shape index (κ1) is 16.7. The number of hydrogen-bond acceptors (Lipinski definition) is 5. The Morgan fingerprint density at radius 2 is 2.00 bits per heavy atom. The molecule has 9 heteroatoms. The van der Waals surface area contributed by atoms with E-state index in [0.717, 1.165) is 0 Å². The molecular weight excluding hydrogens is 284 g/mol. The fraction of sp³-hybridized carbons (Fsp3) is 0.667. The zero-order valence-electron chi connectivity index (χ0n) is 11.6. The fourth-order valence-electron chi connectivity index (χ4n) is 2.10. The highest BCUT2D eigenvalue weighted by molar-refractivity contribution is 5.88. The molecule has 0 aromatic rings. The summed E-state index contributed by atoms with van der Waals surface area (Å²) in [7, 11) is 0. The second-order valence-electron chi connectivity index (χ2n) is 4.54. The van der Waals surface area contributed by atoms with Gasteiger partial charge in [0.2, 0.25) is 0 Å². The van der Waals surface area contributed by atoms with Gasteiger partial charge in [-0.15, -0.1) is 0 Å². The van der Waals surface area contributed by atoms with Crippen LogP contribution in [0.2, 0.25) is 0 Å². The summed E-state index contributed by atoms with van der Waals surface area (Å²) in [4.78, 5) is 46.4. The number of carboxylic acid groups (broad SMARTS) is 2. The van der Waals surface area contributed by atoms with Crippen LogP contribution in [0, 0.1) is 0 Å². The molecule has 1 saturated heterocycles. The van der Waals surface area contributed by atoms with Crippen molar-refractivity contribution in [2.24, 2.45) is 0 Å². The van der Waals surface area contributed by atoms with Gasteiger partial charge >= 0.3 is 23.9 Å². The fourth-order valence-corrected chi connectivity index (χ4v) is 2.10. The van der Waals surface area contributed by atoms with Crippen molar-refractivity contribution in [2.75, 3.05) is 13.2 Å². The molecule has 1 unspecified atom stereocenters. The number of nitrogens with one attached hydrogen (secondary N) is 1. The van der Waals surface area contributed by atoms with Gasteiger partial charge < -0.3 is 25.2 Å². The number of hydrogen-bond donors (Lipinski definition) is 3. The number of carbonyl (C=O) groups is 4. The van der Waals surface area contributed by atoms with Gasteiger partial charge in [0.15, 0.2) is 0 Å². The first-order valence-corrected chi connectivity index (χ1v) is 6.55. The van der Waals surface area contributed by atoms with Crippen LogP contribution in [0.25, 0.3) is 0 Å². The van der Waals surface area contributed by atoms with Crippen LogP contribution < -0.4 is 5.32 Å². The Kier molecular flexibility index (Phi) is 5.94. The summed E-state index contributed by atoms with van der Waals surface area (Å²) < 4.78 is 4.85. The third-order valence-electron chi connectivity index (χ3n) is 3.05. The van der Waals surface area contributed by atoms with E-state index in [1.807, 2.05) is 0 Å². The quantitative estimate of drug-likeness (QED) is 0.571. The Balaban J connectivity index is 2.70. The SMILES string of the molecule is CCOC(=O)C1CCCN1C(=O)N[C@@H](CC(=O)O)C(=O)O. The maximum absolute atomic E-state index is 12.0. The molecule has 3 N–H and O–H groups in total. The van der Waals surface area contributed by atoms with E-state index >= 15 is 0 Å². The molecule has 9 nitrogen and oxygen atoms in total. The molecule has 0 bridgehead atoms. The molecule has 1 rings (SSSR count). The summed E-state index contributed by atoms with van der Waals surface area (Å²) in [6.45, 7) is 2.11. The Hall–Kier alpha value is -2.32. The Labute approximate surface area is 120 Å². The molecule has 0 aromatic carbocycles. The molecule has 2 atom stereocenters. The van der Waals surface area contributed by atoms with Crippen LogP contribution >= 0.6 is 0 Å². The molecule has 21 heavy (non-hydrogen) atoms. The lowest BCUT2D eigenvalue weighted by molar-refractivity contribution is -0.147. The van der Waals surface area contributed by atoms with Crippen LogP contribution in [0.3, 0.4) is 0 Å². The van der Waals surface area contributed by atoms with E-state index in [1.165, 1.54) is 4.90 Å². The minimum Gasteiger partial charge on any atom is -0.481 e. The summed E-state index contributed by atoms with van der Waals surface area (Å²) in [6.07, 6.45) is 0.287. The van der Waals surface area contributed by atoms with Gasteiger partial charge in [0.1, 0.15) is 12.1 Å². The van der Waals surface area contributed by atoms with Gasteiger partial charge in [-0.1, -0.05) is 0 Å². The first-order chi connectivity index (χ1) is 9.86. The zero-order chi connectivity index (χ0) is 16.0. The second-order valence-corrected chi connectivity index (χ2v) is 4.54. The molecule has 0 aliphatic carbocycles. The lowest BCUT2D eigenvalue weighted by atomic mass is 10.2. The average Bonchev–Trinajstić information content (AvgIpc) is 2.86. The van der Waals surface area contributed by atoms with Crippen molar-refractivity contribution in [3.8, 4) is 0 Å². The van der Waals surface area contributed by atoms with Crippen molar-refractivity contribution in [3.05, 3.63) is 0 Å². The zero-order valence-corrected chi connectivity index (χ0v) is 11.6. The lowest BCUT2D eigenvalue weighted by Crippen LogP contribution is -2.52. The minimum absolute atomic E-state index is 0.182. The predicted octanol–water partition coefficient (Wildman–Crippen LogP) is -0.349. The number of esters is 1. The number of carbonyl (C=O) groups excluding carboxylic acids is 2. The number of aliphatic carboxylic acids is 2. The standard InChI is InChI=1S/C12H18N2O7/c1-2-21-11(19)8-4-3-5-14(8)12(20)13-7(10(17)18)6-9(15)16/h7-8H,2-6H2,1H3,(H,13,20)(H,15,16)(H,17,18)/t7-,8?/m0/s1. The van der Waals surface area contributed by atoms with Crippen LogP contribution in [-0.4, -0.2) is 64.3 Å². The van der Waals surface area contributed by atoms with Gasteiger partial charge in [-0.25, -0.2) is 14.4 Å². The van der Waals surface area contributed by atoms with Gasteiger partial charge in [0, 0.05) is 6.54 Å². The molecule has 1 fully saturated rings. The lowest BCUT2D eigenvalue weighted by Gasteiger charge is -2.25. The van der Waals surface area contributed by atoms with Crippen LogP contribution in [0.4, 0.5) is 4.79 Å². The van der Waals surface area contributed by atoms with E-state index < -0.39 is 42.4 Å². The number of urea groups is 1. The van der Waals surface area contributed by atoms with Crippen molar-refractivity contribution < 1.29 is 34.1 Å². The first-order valence-electron chi connectivity index (χ1n) is 6.55. The largest absolute Gasteiger partial charge is 0.481 e. The van der Waals surface area contributed by atoms with Crippen molar-refractivity contribution in [1.82, 2.24) is 10.2 Å². The summed E-state index contributed by atoms with van der Waals surface area (Å²) in [5.74, 6) is -3.33. The summed E-state index contributed by atoms with van der Waals surface area (Å²) in [6, 6.07) is -3.08. The van der Waals surface area contributed by atoms with E-state index in [4.69, 9.17) is 14.9 Å². The smallest absolute Gasteiger partial charge is 0.328 e. The van der Waals surface area contributed by atoms with Crippen LogP contribution in [-0.2, 0) is 19.1 Å². The summed E-state index contributed by atoms with van der Waals surface area (Å²) in [5, 5.41) is 19.6. The Morgan fingerprint density at radius 1 is 1.33 bits per heavy atom. The van der Waals surface area contributed by atoms with E-state index in [1.54, 1.807) is 6.92 Å². The predicted molar refractivity (Wildman–Crippen MR) is 68.6 cm³/mol. The van der Waals surface area contributed by atoms with Crippen molar-refractivity contribution in [2.45, 2.75) is 38.3 Å². The maximum atomic E-state index is 12.0. The highest BCUT2D eigenvalue weighted by Gasteiger charge is 2.36. The van der Waals surface area contributed by atoms with Crippen LogP contribution in [0.15, 0.2) is 0 Å². The number of ether oxygens (including phenoxy) is 1. The summed E-state index contributed by atoms with van der Waals surface area (Å²) in [5.41, 5.74) is 0. The second kappa shape index (κ2) is 7.46. The molecule has 2 amide bonds. The van der Waals surface area contributed by atoms with Crippen molar-refractivity contribution >= 4 is 23.9 Å².